The van der Waals surface area contributed by atoms with E-state index in [1.807, 2.05) is 24.3 Å². The number of rotatable bonds is 7. The Hall–Kier alpha value is -2.88. The van der Waals surface area contributed by atoms with Crippen LogP contribution in [-0.4, -0.2) is 13.6 Å². The van der Waals surface area contributed by atoms with Crippen LogP contribution >= 0.6 is 22.9 Å². The van der Waals surface area contributed by atoms with Crippen LogP contribution in [0, 0.1) is 6.92 Å². The maximum Gasteiger partial charge on any atom is 0.339 e. The number of sulfonamides is 1. The van der Waals surface area contributed by atoms with Crippen molar-refractivity contribution in [3.63, 3.8) is 0 Å². The van der Waals surface area contributed by atoms with Crippen LogP contribution in [0.15, 0.2) is 69.4 Å². The number of aryl methyl sites for hydroxylation is 1. The van der Waals surface area contributed by atoms with Crippen LogP contribution < -0.4 is 14.6 Å². The first kappa shape index (κ1) is 21.4. The first-order valence-electron chi connectivity index (χ1n) is 9.46. The molecule has 0 aliphatic rings. The minimum Gasteiger partial charge on any atom is -0.360 e. The molecule has 0 saturated heterocycles. The summed E-state index contributed by atoms with van der Waals surface area (Å²) in [5.41, 5.74) is 2.94. The van der Waals surface area contributed by atoms with E-state index in [9.17, 15) is 8.42 Å². The highest BCUT2D eigenvalue weighted by Crippen LogP contribution is 2.27. The lowest BCUT2D eigenvalue weighted by atomic mass is 10.2. The molecule has 7 nitrogen and oxygen atoms in total. The number of hydrogen-bond donors (Lipinski definition) is 2. The quantitative estimate of drug-likeness (QED) is 0.358. The standard InChI is InChI=1S/C21H19ClN4O3S2/c1-3-26-19(15-4-6-16(22)7-5-15)13-30-21(26)23-17-8-10-18(11-9-17)31(27,28)25-20-12-14(2)29-24-20/h4-13H,3H2,1-2H3,(H,24,25)/p+1. The fourth-order valence-corrected chi connectivity index (χ4v) is 5.18. The molecule has 0 aliphatic carbocycles. The average Bonchev–Trinajstić information content (AvgIpc) is 3.34. The fourth-order valence-electron chi connectivity index (χ4n) is 3.06. The largest absolute Gasteiger partial charge is 0.360 e. The molecule has 0 bridgehead atoms. The molecule has 2 aromatic carbocycles. The van der Waals surface area contributed by atoms with E-state index in [2.05, 4.69) is 32.1 Å². The van der Waals surface area contributed by atoms with Crippen molar-refractivity contribution < 1.29 is 17.5 Å². The van der Waals surface area contributed by atoms with E-state index in [0.29, 0.717) is 10.8 Å². The summed E-state index contributed by atoms with van der Waals surface area (Å²) in [4.78, 5) is 0.134. The van der Waals surface area contributed by atoms with Gasteiger partial charge in [0.15, 0.2) is 5.82 Å². The molecule has 4 aromatic rings. The van der Waals surface area contributed by atoms with E-state index in [1.54, 1.807) is 42.5 Å². The monoisotopic (exact) mass is 475 g/mol. The summed E-state index contributed by atoms with van der Waals surface area (Å²) in [5.74, 6) is 0.674. The molecule has 0 saturated carbocycles. The summed E-state index contributed by atoms with van der Waals surface area (Å²) in [5, 5.41) is 10.8. The topological polar surface area (TPSA) is 88.1 Å². The zero-order chi connectivity index (χ0) is 22.0. The highest BCUT2D eigenvalue weighted by atomic mass is 35.5. The van der Waals surface area contributed by atoms with Gasteiger partial charge in [-0.1, -0.05) is 28.1 Å². The molecule has 2 N–H and O–H groups in total. The predicted molar refractivity (Wildman–Crippen MR) is 122 cm³/mol. The minimum atomic E-state index is -3.75. The van der Waals surface area contributed by atoms with Gasteiger partial charge in [0.25, 0.3) is 10.0 Å². The smallest absolute Gasteiger partial charge is 0.339 e. The molecule has 2 aromatic heterocycles. The van der Waals surface area contributed by atoms with E-state index in [-0.39, 0.29) is 10.7 Å². The lowest BCUT2D eigenvalue weighted by Crippen LogP contribution is -2.35. The van der Waals surface area contributed by atoms with E-state index < -0.39 is 10.0 Å². The summed E-state index contributed by atoms with van der Waals surface area (Å²) in [6.07, 6.45) is 0. The third-order valence-electron chi connectivity index (χ3n) is 4.56. The molecule has 10 heteroatoms. The van der Waals surface area contributed by atoms with Gasteiger partial charge in [-0.2, -0.15) is 0 Å². The second-order valence-corrected chi connectivity index (χ2v) is 9.73. The van der Waals surface area contributed by atoms with Crippen LogP contribution in [0.3, 0.4) is 0 Å². The molecule has 0 fully saturated rings. The molecule has 31 heavy (non-hydrogen) atoms. The molecular formula is C21H20ClN4O3S2+. The zero-order valence-corrected chi connectivity index (χ0v) is 19.2. The predicted octanol–water partition coefficient (Wildman–Crippen LogP) is 5.22. The van der Waals surface area contributed by atoms with Crippen molar-refractivity contribution in [1.29, 1.82) is 0 Å². The number of hydrogen-bond acceptors (Lipinski definition) is 6. The maximum atomic E-state index is 12.5. The number of halogens is 1. The Kier molecular flexibility index (Phi) is 5.99. The molecule has 0 aliphatic heterocycles. The Morgan fingerprint density at radius 3 is 2.45 bits per heavy atom. The lowest BCUT2D eigenvalue weighted by molar-refractivity contribution is -0.664. The van der Waals surface area contributed by atoms with Crippen LogP contribution in [0.1, 0.15) is 12.7 Å². The average molecular weight is 476 g/mol. The normalized spacial score (nSPS) is 11.5. The van der Waals surface area contributed by atoms with E-state index in [1.165, 1.54) is 6.07 Å². The van der Waals surface area contributed by atoms with E-state index >= 15 is 0 Å². The molecule has 0 amide bonds. The van der Waals surface area contributed by atoms with E-state index in [0.717, 1.165) is 28.6 Å². The van der Waals surface area contributed by atoms with Gasteiger partial charge < -0.3 is 4.52 Å². The Morgan fingerprint density at radius 1 is 1.13 bits per heavy atom. The Balaban J connectivity index is 1.53. The number of thiazole rings is 1. The molecule has 4 rings (SSSR count). The number of nitrogens with one attached hydrogen (secondary N) is 2. The Morgan fingerprint density at radius 2 is 1.84 bits per heavy atom. The second-order valence-electron chi connectivity index (χ2n) is 6.75. The fraction of sp³-hybridized carbons (Fsp3) is 0.143. The van der Waals surface area contributed by atoms with Gasteiger partial charge in [0.2, 0.25) is 0 Å². The van der Waals surface area contributed by atoms with Gasteiger partial charge in [0, 0.05) is 22.0 Å². The van der Waals surface area contributed by atoms with Gasteiger partial charge in [-0.3, -0.25) is 4.72 Å². The van der Waals surface area contributed by atoms with Crippen molar-refractivity contribution in [1.82, 2.24) is 5.16 Å². The van der Waals surface area contributed by atoms with Gasteiger partial charge in [0.1, 0.15) is 17.1 Å². The summed E-state index contributed by atoms with van der Waals surface area (Å²) in [6.45, 7) is 4.54. The molecule has 0 atom stereocenters. The van der Waals surface area contributed by atoms with Gasteiger partial charge in [-0.15, -0.1) is 0 Å². The van der Waals surface area contributed by atoms with Gasteiger partial charge in [-0.05, 0) is 62.4 Å². The summed E-state index contributed by atoms with van der Waals surface area (Å²) in [7, 11) is -3.75. The lowest BCUT2D eigenvalue weighted by Gasteiger charge is -2.06. The van der Waals surface area contributed by atoms with Crippen molar-refractivity contribution in [2.75, 3.05) is 10.0 Å². The number of nitrogens with zero attached hydrogens (tertiary/aromatic N) is 2. The van der Waals surface area contributed by atoms with Crippen LogP contribution in [0.25, 0.3) is 11.3 Å². The van der Waals surface area contributed by atoms with Gasteiger partial charge in [0.05, 0.1) is 11.4 Å². The second kappa shape index (κ2) is 8.70. The molecule has 0 unspecified atom stereocenters. The molecule has 2 heterocycles. The van der Waals surface area contributed by atoms with E-state index in [4.69, 9.17) is 16.1 Å². The molecule has 0 radical (unpaired) electrons. The third kappa shape index (κ3) is 4.73. The molecular weight excluding hydrogens is 456 g/mol. The minimum absolute atomic E-state index is 0.134. The zero-order valence-electron chi connectivity index (χ0n) is 16.8. The molecule has 0 spiro atoms. The van der Waals surface area contributed by atoms with Crippen LogP contribution in [-0.2, 0) is 16.6 Å². The first-order chi connectivity index (χ1) is 14.9. The first-order valence-corrected chi connectivity index (χ1v) is 12.2. The van der Waals surface area contributed by atoms with Gasteiger partial charge in [-0.25, -0.2) is 18.3 Å². The van der Waals surface area contributed by atoms with Crippen molar-refractivity contribution >= 4 is 49.6 Å². The summed E-state index contributed by atoms with van der Waals surface area (Å²) >= 11 is 7.58. The van der Waals surface area contributed by atoms with Crippen molar-refractivity contribution in [3.05, 3.63) is 70.8 Å². The van der Waals surface area contributed by atoms with Crippen LogP contribution in [0.4, 0.5) is 16.6 Å². The number of anilines is 3. The highest BCUT2D eigenvalue weighted by Gasteiger charge is 2.20. The SMILES string of the molecule is CC[n+]1c(-c2ccc(Cl)cc2)csc1Nc1ccc(S(=O)(=O)Nc2cc(C)on2)cc1. The third-order valence-corrected chi connectivity index (χ3v) is 7.07. The van der Waals surface area contributed by atoms with Gasteiger partial charge >= 0.3 is 5.13 Å². The Bertz CT molecular complexity index is 1300. The maximum absolute atomic E-state index is 12.5. The number of benzene rings is 2. The van der Waals surface area contributed by atoms with Crippen LogP contribution in [0.2, 0.25) is 5.02 Å². The number of aromatic nitrogens is 2. The summed E-state index contributed by atoms with van der Waals surface area (Å²) < 4.78 is 34.5. The van der Waals surface area contributed by atoms with Crippen LogP contribution in [0.5, 0.6) is 0 Å². The van der Waals surface area contributed by atoms with Crippen molar-refractivity contribution in [2.45, 2.75) is 25.3 Å². The van der Waals surface area contributed by atoms with Crippen molar-refractivity contribution in [2.24, 2.45) is 0 Å². The highest BCUT2D eigenvalue weighted by molar-refractivity contribution is 7.92. The molecule has 160 valence electrons. The summed E-state index contributed by atoms with van der Waals surface area (Å²) in [6, 6.07) is 15.8. The Labute approximate surface area is 189 Å². The van der Waals surface area contributed by atoms with Crippen molar-refractivity contribution in [3.8, 4) is 11.3 Å².